The number of carbonyl (C=O) groups excluding carboxylic acids is 1. The monoisotopic (exact) mass is 237 g/mol. The standard InChI is InChI=1S/C13H19NO3/c1-10(8-9-16-2)14-12-6-4-11(5-7-12)13(15)17-3/h4-7,10,14H,8-9H2,1-3H3. The summed E-state index contributed by atoms with van der Waals surface area (Å²) >= 11 is 0. The molecule has 0 heterocycles. The predicted molar refractivity (Wildman–Crippen MR) is 67.4 cm³/mol. The molecule has 4 heteroatoms. The molecule has 0 bridgehead atoms. The van der Waals surface area contributed by atoms with Crippen molar-refractivity contribution in [3.8, 4) is 0 Å². The van der Waals surface area contributed by atoms with Gasteiger partial charge in [-0.3, -0.25) is 0 Å². The summed E-state index contributed by atoms with van der Waals surface area (Å²) in [5.74, 6) is -0.316. The molecule has 1 atom stereocenters. The lowest BCUT2D eigenvalue weighted by molar-refractivity contribution is 0.0601. The Morgan fingerprint density at radius 2 is 1.94 bits per heavy atom. The topological polar surface area (TPSA) is 47.6 Å². The molecule has 0 radical (unpaired) electrons. The van der Waals surface area contributed by atoms with E-state index in [1.54, 1.807) is 19.2 Å². The van der Waals surface area contributed by atoms with Crippen LogP contribution in [-0.2, 0) is 9.47 Å². The highest BCUT2D eigenvalue weighted by Crippen LogP contribution is 2.12. The minimum Gasteiger partial charge on any atom is -0.465 e. The van der Waals surface area contributed by atoms with E-state index in [2.05, 4.69) is 17.0 Å². The van der Waals surface area contributed by atoms with Crippen LogP contribution in [-0.4, -0.2) is 32.8 Å². The lowest BCUT2D eigenvalue weighted by Crippen LogP contribution is -2.17. The Balaban J connectivity index is 2.53. The zero-order valence-electron chi connectivity index (χ0n) is 10.5. The van der Waals surface area contributed by atoms with Crippen LogP contribution in [0.2, 0.25) is 0 Å². The molecule has 1 N–H and O–H groups in total. The van der Waals surface area contributed by atoms with E-state index in [0.717, 1.165) is 18.7 Å². The Hall–Kier alpha value is -1.55. The van der Waals surface area contributed by atoms with E-state index in [1.165, 1.54) is 7.11 Å². The van der Waals surface area contributed by atoms with Crippen molar-refractivity contribution in [3.05, 3.63) is 29.8 Å². The summed E-state index contributed by atoms with van der Waals surface area (Å²) in [6, 6.07) is 7.57. The van der Waals surface area contributed by atoms with Gasteiger partial charge in [-0.15, -0.1) is 0 Å². The third-order valence-electron chi connectivity index (χ3n) is 2.47. The van der Waals surface area contributed by atoms with Crippen molar-refractivity contribution in [2.24, 2.45) is 0 Å². The van der Waals surface area contributed by atoms with Crippen molar-refractivity contribution in [1.82, 2.24) is 0 Å². The molecule has 94 valence electrons. The number of methoxy groups -OCH3 is 2. The molecule has 4 nitrogen and oxygen atoms in total. The summed E-state index contributed by atoms with van der Waals surface area (Å²) < 4.78 is 9.65. The van der Waals surface area contributed by atoms with Crippen LogP contribution in [0.3, 0.4) is 0 Å². The maximum atomic E-state index is 11.2. The second-order valence-corrected chi connectivity index (χ2v) is 3.90. The predicted octanol–water partition coefficient (Wildman–Crippen LogP) is 2.31. The van der Waals surface area contributed by atoms with Gasteiger partial charge in [0.2, 0.25) is 0 Å². The first-order valence-electron chi connectivity index (χ1n) is 5.61. The normalized spacial score (nSPS) is 11.9. The number of nitrogens with one attached hydrogen (secondary N) is 1. The molecule has 0 saturated heterocycles. The molecular weight excluding hydrogens is 218 g/mol. The van der Waals surface area contributed by atoms with Gasteiger partial charge in [-0.25, -0.2) is 4.79 Å². The highest BCUT2D eigenvalue weighted by Gasteiger charge is 2.05. The maximum Gasteiger partial charge on any atom is 0.337 e. The van der Waals surface area contributed by atoms with E-state index in [-0.39, 0.29) is 5.97 Å². The highest BCUT2D eigenvalue weighted by atomic mass is 16.5. The molecule has 0 aliphatic rings. The maximum absolute atomic E-state index is 11.2. The molecule has 0 aliphatic carbocycles. The molecule has 0 amide bonds. The zero-order chi connectivity index (χ0) is 12.7. The number of carbonyl (C=O) groups is 1. The first-order valence-corrected chi connectivity index (χ1v) is 5.61. The van der Waals surface area contributed by atoms with Gasteiger partial charge >= 0.3 is 5.97 Å². The van der Waals surface area contributed by atoms with Gasteiger partial charge in [-0.2, -0.15) is 0 Å². The molecule has 1 aromatic carbocycles. The van der Waals surface area contributed by atoms with Crippen molar-refractivity contribution in [2.75, 3.05) is 26.1 Å². The van der Waals surface area contributed by atoms with Crippen LogP contribution in [0.4, 0.5) is 5.69 Å². The number of benzene rings is 1. The Labute approximate surface area is 102 Å². The van der Waals surface area contributed by atoms with Crippen molar-refractivity contribution < 1.29 is 14.3 Å². The van der Waals surface area contributed by atoms with Crippen LogP contribution in [0.1, 0.15) is 23.7 Å². The number of rotatable bonds is 6. The SMILES string of the molecule is COCCC(C)Nc1ccc(C(=O)OC)cc1. The van der Waals surface area contributed by atoms with E-state index in [0.29, 0.717) is 11.6 Å². The van der Waals surface area contributed by atoms with Gasteiger partial charge in [0.15, 0.2) is 0 Å². The Bertz CT molecular complexity index is 348. The second kappa shape index (κ2) is 6.91. The smallest absolute Gasteiger partial charge is 0.337 e. The van der Waals surface area contributed by atoms with Crippen LogP contribution in [0.5, 0.6) is 0 Å². The van der Waals surface area contributed by atoms with E-state index in [4.69, 9.17) is 4.74 Å². The van der Waals surface area contributed by atoms with E-state index in [1.807, 2.05) is 12.1 Å². The summed E-state index contributed by atoms with van der Waals surface area (Å²) in [5.41, 5.74) is 1.55. The summed E-state index contributed by atoms with van der Waals surface area (Å²) in [6.07, 6.45) is 0.940. The molecule has 0 spiro atoms. The van der Waals surface area contributed by atoms with Crippen LogP contribution in [0.25, 0.3) is 0 Å². The van der Waals surface area contributed by atoms with Gasteiger partial charge in [-0.1, -0.05) is 0 Å². The van der Waals surface area contributed by atoms with Crippen LogP contribution in [0, 0.1) is 0 Å². The van der Waals surface area contributed by atoms with Crippen molar-refractivity contribution in [2.45, 2.75) is 19.4 Å². The van der Waals surface area contributed by atoms with Crippen LogP contribution < -0.4 is 5.32 Å². The van der Waals surface area contributed by atoms with Gasteiger partial charge in [-0.05, 0) is 37.6 Å². The third kappa shape index (κ3) is 4.44. The van der Waals surface area contributed by atoms with Gasteiger partial charge in [0.25, 0.3) is 0 Å². The van der Waals surface area contributed by atoms with Crippen LogP contribution in [0.15, 0.2) is 24.3 Å². The Morgan fingerprint density at radius 3 is 2.47 bits per heavy atom. The van der Waals surface area contributed by atoms with Crippen molar-refractivity contribution >= 4 is 11.7 Å². The second-order valence-electron chi connectivity index (χ2n) is 3.90. The lowest BCUT2D eigenvalue weighted by atomic mass is 10.2. The largest absolute Gasteiger partial charge is 0.465 e. The molecule has 0 aromatic heterocycles. The van der Waals surface area contributed by atoms with Gasteiger partial charge in [0, 0.05) is 25.4 Å². The Kier molecular flexibility index (Phi) is 5.49. The van der Waals surface area contributed by atoms with Gasteiger partial charge < -0.3 is 14.8 Å². The number of ether oxygens (including phenoxy) is 2. The average molecular weight is 237 g/mol. The highest BCUT2D eigenvalue weighted by molar-refractivity contribution is 5.89. The van der Waals surface area contributed by atoms with Gasteiger partial charge in [0.05, 0.1) is 12.7 Å². The number of hydrogen-bond acceptors (Lipinski definition) is 4. The number of hydrogen-bond donors (Lipinski definition) is 1. The minimum atomic E-state index is -0.316. The minimum absolute atomic E-state index is 0.316. The average Bonchev–Trinajstić information content (AvgIpc) is 2.36. The fourth-order valence-corrected chi connectivity index (χ4v) is 1.47. The molecular formula is C13H19NO3. The molecule has 17 heavy (non-hydrogen) atoms. The molecule has 0 saturated carbocycles. The fraction of sp³-hybridized carbons (Fsp3) is 0.462. The van der Waals surface area contributed by atoms with Crippen LogP contribution >= 0.6 is 0 Å². The third-order valence-corrected chi connectivity index (χ3v) is 2.47. The molecule has 0 aliphatic heterocycles. The molecule has 1 unspecified atom stereocenters. The summed E-state index contributed by atoms with van der Waals surface area (Å²) in [5, 5.41) is 3.33. The summed E-state index contributed by atoms with van der Waals surface area (Å²) in [6.45, 7) is 2.82. The summed E-state index contributed by atoms with van der Waals surface area (Å²) in [7, 11) is 3.07. The summed E-state index contributed by atoms with van der Waals surface area (Å²) in [4.78, 5) is 11.2. The van der Waals surface area contributed by atoms with E-state index >= 15 is 0 Å². The Morgan fingerprint density at radius 1 is 1.29 bits per heavy atom. The van der Waals surface area contributed by atoms with E-state index in [9.17, 15) is 4.79 Å². The first-order chi connectivity index (χ1) is 8.17. The zero-order valence-corrected chi connectivity index (χ0v) is 10.5. The molecule has 0 fully saturated rings. The molecule has 1 rings (SSSR count). The fourth-order valence-electron chi connectivity index (χ4n) is 1.47. The number of anilines is 1. The van der Waals surface area contributed by atoms with Gasteiger partial charge in [0.1, 0.15) is 0 Å². The first kappa shape index (κ1) is 13.5. The van der Waals surface area contributed by atoms with Crippen molar-refractivity contribution in [3.63, 3.8) is 0 Å². The lowest BCUT2D eigenvalue weighted by Gasteiger charge is -2.14. The molecule has 1 aromatic rings. The van der Waals surface area contributed by atoms with E-state index < -0.39 is 0 Å². The quantitative estimate of drug-likeness (QED) is 0.771. The van der Waals surface area contributed by atoms with Crippen molar-refractivity contribution in [1.29, 1.82) is 0 Å². The number of esters is 1.